The lowest BCUT2D eigenvalue weighted by molar-refractivity contribution is -0.135. The van der Waals surface area contributed by atoms with Crippen molar-refractivity contribution in [2.75, 3.05) is 19.6 Å². The Morgan fingerprint density at radius 2 is 1.57 bits per heavy atom. The number of H-pyrrole nitrogens is 1. The number of nitrogens with two attached hydrogens (primary N) is 1. The van der Waals surface area contributed by atoms with Gasteiger partial charge in [-0.1, -0.05) is 66.7 Å². The first-order valence-electron chi connectivity index (χ1n) is 12.7. The lowest BCUT2D eigenvalue weighted by Gasteiger charge is -2.33. The lowest BCUT2D eigenvalue weighted by Crippen LogP contribution is -2.46. The maximum atomic E-state index is 13.7. The van der Waals surface area contributed by atoms with E-state index in [9.17, 15) is 14.4 Å². The lowest BCUT2D eigenvalue weighted by atomic mass is 9.93. The van der Waals surface area contributed by atoms with Gasteiger partial charge < -0.3 is 20.5 Å². The van der Waals surface area contributed by atoms with Crippen LogP contribution in [0.3, 0.4) is 0 Å². The molecule has 6 rings (SSSR count). The van der Waals surface area contributed by atoms with Crippen LogP contribution in [-0.2, 0) is 9.59 Å². The molecule has 0 radical (unpaired) electrons. The molecule has 0 bridgehead atoms. The summed E-state index contributed by atoms with van der Waals surface area (Å²) in [4.78, 5) is 45.8. The Labute approximate surface area is 214 Å². The second-order valence-electron chi connectivity index (χ2n) is 9.81. The van der Waals surface area contributed by atoms with Crippen LogP contribution < -0.4 is 5.73 Å². The molecule has 0 unspecified atom stereocenters. The molecular weight excluding hydrogens is 464 g/mol. The van der Waals surface area contributed by atoms with E-state index >= 15 is 0 Å². The number of carbonyl (C=O) groups is 3. The molecule has 1 fully saturated rings. The van der Waals surface area contributed by atoms with Gasteiger partial charge in [-0.2, -0.15) is 0 Å². The number of carbonyl (C=O) groups excluding carboxylic acids is 3. The van der Waals surface area contributed by atoms with Crippen molar-refractivity contribution in [3.05, 3.63) is 95.6 Å². The molecule has 2 aliphatic heterocycles. The first-order chi connectivity index (χ1) is 18.0. The van der Waals surface area contributed by atoms with Crippen molar-refractivity contribution in [2.45, 2.75) is 18.9 Å². The van der Waals surface area contributed by atoms with Crippen LogP contribution >= 0.6 is 0 Å². The first-order valence-corrected chi connectivity index (χ1v) is 12.7. The van der Waals surface area contributed by atoms with Gasteiger partial charge in [0, 0.05) is 41.0 Å². The minimum atomic E-state index is -0.415. The van der Waals surface area contributed by atoms with E-state index in [1.807, 2.05) is 60.7 Å². The Morgan fingerprint density at radius 1 is 0.892 bits per heavy atom. The number of primary amides is 1. The van der Waals surface area contributed by atoms with Crippen LogP contribution in [0.4, 0.5) is 0 Å². The average molecular weight is 493 g/mol. The van der Waals surface area contributed by atoms with Crippen molar-refractivity contribution in [1.82, 2.24) is 14.8 Å². The van der Waals surface area contributed by atoms with E-state index in [1.165, 1.54) is 0 Å². The highest BCUT2D eigenvalue weighted by Gasteiger charge is 2.41. The zero-order chi connectivity index (χ0) is 25.5. The zero-order valence-electron chi connectivity index (χ0n) is 20.4. The van der Waals surface area contributed by atoms with Crippen LogP contribution in [0.2, 0.25) is 0 Å². The number of likely N-dealkylation sites (tertiary alicyclic amines) is 1. The molecule has 1 saturated heterocycles. The molecule has 3 heterocycles. The quantitative estimate of drug-likeness (QED) is 0.439. The van der Waals surface area contributed by atoms with Gasteiger partial charge in [-0.25, -0.2) is 0 Å². The van der Waals surface area contributed by atoms with Crippen LogP contribution in [0.15, 0.2) is 78.9 Å². The van der Waals surface area contributed by atoms with Crippen LogP contribution in [0, 0.1) is 5.92 Å². The number of amides is 3. The summed E-state index contributed by atoms with van der Waals surface area (Å²) in [7, 11) is 0. The summed E-state index contributed by atoms with van der Waals surface area (Å²) in [5.74, 6) is -0.778. The summed E-state index contributed by atoms with van der Waals surface area (Å²) in [6, 6.07) is 25.4. The molecule has 3 amide bonds. The Hall–Kier alpha value is -4.39. The highest BCUT2D eigenvalue weighted by molar-refractivity contribution is 6.03. The van der Waals surface area contributed by atoms with Crippen molar-refractivity contribution < 1.29 is 14.4 Å². The van der Waals surface area contributed by atoms with Crippen molar-refractivity contribution in [3.63, 3.8) is 0 Å². The molecule has 0 spiro atoms. The van der Waals surface area contributed by atoms with Gasteiger partial charge in [0.15, 0.2) is 0 Å². The number of nitrogens with zero attached hydrogens (tertiary/aromatic N) is 2. The summed E-state index contributed by atoms with van der Waals surface area (Å²) in [6.45, 7) is 0.899. The summed E-state index contributed by atoms with van der Waals surface area (Å²) in [6.07, 6.45) is 1.11. The molecule has 7 heteroatoms. The van der Waals surface area contributed by atoms with E-state index in [-0.39, 0.29) is 30.2 Å². The van der Waals surface area contributed by atoms with E-state index < -0.39 is 6.04 Å². The van der Waals surface area contributed by atoms with Gasteiger partial charge in [0.1, 0.15) is 6.54 Å². The van der Waals surface area contributed by atoms with Crippen LogP contribution in [0.25, 0.3) is 22.2 Å². The molecule has 0 saturated carbocycles. The number of para-hydroxylation sites is 1. The number of aromatic nitrogens is 1. The highest BCUT2D eigenvalue weighted by Crippen LogP contribution is 2.45. The number of aromatic amines is 1. The third-order valence-electron chi connectivity index (χ3n) is 7.70. The third kappa shape index (κ3) is 3.96. The largest absolute Gasteiger partial charge is 0.369 e. The maximum absolute atomic E-state index is 13.7. The minimum Gasteiger partial charge on any atom is -0.369 e. The smallest absolute Gasteiger partial charge is 0.255 e. The van der Waals surface area contributed by atoms with Gasteiger partial charge in [0.25, 0.3) is 5.91 Å². The first kappa shape index (κ1) is 23.0. The Bertz CT molecular complexity index is 1500. The average Bonchev–Trinajstić information content (AvgIpc) is 3.44. The number of nitrogens with one attached hydrogen (secondary N) is 1. The molecule has 2 aliphatic rings. The number of piperidine rings is 1. The van der Waals surface area contributed by atoms with E-state index in [2.05, 4.69) is 23.2 Å². The molecular formula is C30H28N4O3. The molecule has 3 aromatic carbocycles. The summed E-state index contributed by atoms with van der Waals surface area (Å²) in [5.41, 5.74) is 10.9. The Morgan fingerprint density at radius 3 is 2.32 bits per heavy atom. The fraction of sp³-hybridized carbons (Fsp3) is 0.233. The fourth-order valence-electron chi connectivity index (χ4n) is 5.78. The third-order valence-corrected chi connectivity index (χ3v) is 7.70. The fourth-order valence-corrected chi connectivity index (χ4v) is 5.78. The van der Waals surface area contributed by atoms with Gasteiger partial charge in [0.05, 0.1) is 11.7 Å². The SMILES string of the molecule is NC(=O)C1CCN(C(=O)CN2C(=O)c3ccccc3[C@H]2c2c(-c3ccccc3)[nH]c3ccccc23)CC1. The zero-order valence-corrected chi connectivity index (χ0v) is 20.4. The number of rotatable bonds is 5. The van der Waals surface area contributed by atoms with Crippen molar-refractivity contribution in [2.24, 2.45) is 11.7 Å². The second kappa shape index (κ2) is 9.24. The predicted molar refractivity (Wildman–Crippen MR) is 142 cm³/mol. The molecule has 0 aliphatic carbocycles. The molecule has 186 valence electrons. The van der Waals surface area contributed by atoms with Crippen LogP contribution in [0.5, 0.6) is 0 Å². The Kier molecular flexibility index (Phi) is 5.75. The molecule has 1 atom stereocenters. The molecule has 4 aromatic rings. The van der Waals surface area contributed by atoms with Crippen molar-refractivity contribution in [1.29, 1.82) is 0 Å². The summed E-state index contributed by atoms with van der Waals surface area (Å²) in [5, 5.41) is 1.02. The molecule has 3 N–H and O–H groups in total. The number of benzene rings is 3. The van der Waals surface area contributed by atoms with E-state index in [1.54, 1.807) is 9.80 Å². The Balaban J connectivity index is 1.42. The predicted octanol–water partition coefficient (Wildman–Crippen LogP) is 4.10. The van der Waals surface area contributed by atoms with Crippen LogP contribution in [-0.4, -0.2) is 52.1 Å². The number of hydrogen-bond acceptors (Lipinski definition) is 3. The summed E-state index contributed by atoms with van der Waals surface area (Å²) >= 11 is 0. The van der Waals surface area contributed by atoms with E-state index in [0.717, 1.165) is 33.3 Å². The molecule has 7 nitrogen and oxygen atoms in total. The minimum absolute atomic E-state index is 0.0346. The van der Waals surface area contributed by atoms with E-state index in [4.69, 9.17) is 5.73 Å². The van der Waals surface area contributed by atoms with Gasteiger partial charge in [-0.3, -0.25) is 14.4 Å². The van der Waals surface area contributed by atoms with Gasteiger partial charge >= 0.3 is 0 Å². The highest BCUT2D eigenvalue weighted by atomic mass is 16.2. The van der Waals surface area contributed by atoms with Gasteiger partial charge in [0.2, 0.25) is 11.8 Å². The molecule has 1 aromatic heterocycles. The second-order valence-corrected chi connectivity index (χ2v) is 9.81. The number of fused-ring (bicyclic) bond motifs is 2. The van der Waals surface area contributed by atoms with Gasteiger partial charge in [-0.05, 0) is 36.1 Å². The topological polar surface area (TPSA) is 99.5 Å². The summed E-state index contributed by atoms with van der Waals surface area (Å²) < 4.78 is 0. The van der Waals surface area contributed by atoms with Gasteiger partial charge in [-0.15, -0.1) is 0 Å². The van der Waals surface area contributed by atoms with E-state index in [0.29, 0.717) is 31.5 Å². The van der Waals surface area contributed by atoms with Crippen molar-refractivity contribution in [3.8, 4) is 11.3 Å². The van der Waals surface area contributed by atoms with Crippen molar-refractivity contribution >= 4 is 28.6 Å². The standard InChI is InChI=1S/C30H28N4O3/c31-29(36)20-14-16-33(17-15-20)25(35)18-34-28(21-10-4-5-11-22(21)30(34)37)26-23-12-6-7-13-24(23)32-27(26)19-8-2-1-3-9-19/h1-13,20,28,32H,14-18H2,(H2,31,36)/t28-/m0/s1. The monoisotopic (exact) mass is 492 g/mol. The normalized spacial score (nSPS) is 17.8. The molecule has 37 heavy (non-hydrogen) atoms. The number of hydrogen-bond donors (Lipinski definition) is 2. The maximum Gasteiger partial charge on any atom is 0.255 e. The van der Waals surface area contributed by atoms with Crippen LogP contribution in [0.1, 0.15) is 40.4 Å².